The smallest absolute Gasteiger partial charge is 0.324 e. The lowest BCUT2D eigenvalue weighted by Gasteiger charge is -2.21. The van der Waals surface area contributed by atoms with Crippen LogP contribution in [-0.4, -0.2) is 34.8 Å². The molecule has 7 heteroatoms. The molecule has 1 aliphatic heterocycles. The molecule has 0 aliphatic carbocycles. The Morgan fingerprint density at radius 2 is 2.00 bits per heavy atom. The van der Waals surface area contributed by atoms with Gasteiger partial charge in [-0.1, -0.05) is 48.5 Å². The summed E-state index contributed by atoms with van der Waals surface area (Å²) in [6, 6.07) is 4.98. The van der Waals surface area contributed by atoms with Gasteiger partial charge in [0.25, 0.3) is 5.91 Å². The lowest BCUT2D eigenvalue weighted by atomic mass is 9.94. The van der Waals surface area contributed by atoms with Crippen LogP contribution in [0.3, 0.4) is 0 Å². The number of rotatable bonds is 8. The first-order valence-corrected chi connectivity index (χ1v) is 9.76. The van der Waals surface area contributed by atoms with Gasteiger partial charge in [-0.15, -0.1) is 0 Å². The van der Waals surface area contributed by atoms with Crippen molar-refractivity contribution in [2.45, 2.75) is 58.4 Å². The SMILES string of the molecule is CCCCCCC1(C)NC(=O)N(CC(=O)Nc2ccc(Br)cc2C)C1=O. The molecule has 26 heavy (non-hydrogen) atoms. The summed E-state index contributed by atoms with van der Waals surface area (Å²) in [6.07, 6.45) is 4.70. The van der Waals surface area contributed by atoms with Crippen LogP contribution in [0.5, 0.6) is 0 Å². The molecule has 142 valence electrons. The molecule has 4 amide bonds. The first-order chi connectivity index (χ1) is 12.3. The second kappa shape index (κ2) is 8.66. The minimum Gasteiger partial charge on any atom is -0.324 e. The van der Waals surface area contributed by atoms with Crippen LogP contribution in [0, 0.1) is 6.92 Å². The third-order valence-corrected chi connectivity index (χ3v) is 5.13. The summed E-state index contributed by atoms with van der Waals surface area (Å²) < 4.78 is 0.918. The fourth-order valence-electron chi connectivity index (χ4n) is 3.07. The van der Waals surface area contributed by atoms with E-state index in [1.807, 2.05) is 19.1 Å². The maximum absolute atomic E-state index is 12.7. The molecule has 1 aromatic rings. The number of unbranched alkanes of at least 4 members (excludes halogenated alkanes) is 3. The Hall–Kier alpha value is -1.89. The van der Waals surface area contributed by atoms with Crippen LogP contribution < -0.4 is 10.6 Å². The average molecular weight is 424 g/mol. The number of halogens is 1. The van der Waals surface area contributed by atoms with Gasteiger partial charge in [0.05, 0.1) is 0 Å². The van der Waals surface area contributed by atoms with E-state index >= 15 is 0 Å². The second-order valence-corrected chi connectivity index (χ2v) is 7.89. The van der Waals surface area contributed by atoms with E-state index in [-0.39, 0.29) is 12.5 Å². The molecule has 1 heterocycles. The molecule has 6 nitrogen and oxygen atoms in total. The van der Waals surface area contributed by atoms with Gasteiger partial charge in [-0.05, 0) is 44.0 Å². The summed E-state index contributed by atoms with van der Waals surface area (Å²) in [4.78, 5) is 38.2. The van der Waals surface area contributed by atoms with E-state index in [9.17, 15) is 14.4 Å². The maximum atomic E-state index is 12.7. The van der Waals surface area contributed by atoms with Gasteiger partial charge in [0, 0.05) is 10.2 Å². The molecule has 1 aliphatic rings. The topological polar surface area (TPSA) is 78.5 Å². The zero-order chi connectivity index (χ0) is 19.3. The van der Waals surface area contributed by atoms with Gasteiger partial charge in [-0.25, -0.2) is 4.79 Å². The van der Waals surface area contributed by atoms with Crippen LogP contribution in [0.2, 0.25) is 0 Å². The molecule has 2 rings (SSSR count). The maximum Gasteiger partial charge on any atom is 0.325 e. The standard InChI is InChI=1S/C19H26BrN3O3/c1-4-5-6-7-10-19(3)17(25)23(18(26)22-19)12-16(24)21-15-9-8-14(20)11-13(15)2/h8-9,11H,4-7,10,12H2,1-3H3,(H,21,24)(H,22,26). The van der Waals surface area contributed by atoms with Gasteiger partial charge in [-0.3, -0.25) is 14.5 Å². The van der Waals surface area contributed by atoms with Crippen molar-refractivity contribution in [1.82, 2.24) is 10.2 Å². The average Bonchev–Trinajstić information content (AvgIpc) is 2.78. The number of aryl methyl sites for hydroxylation is 1. The minimum atomic E-state index is -0.918. The third kappa shape index (κ3) is 4.84. The zero-order valence-corrected chi connectivity index (χ0v) is 17.1. The number of carbonyl (C=O) groups is 3. The molecular weight excluding hydrogens is 398 g/mol. The minimum absolute atomic E-state index is 0.287. The van der Waals surface area contributed by atoms with Crippen molar-refractivity contribution in [3.63, 3.8) is 0 Å². The normalized spacial score (nSPS) is 19.6. The summed E-state index contributed by atoms with van der Waals surface area (Å²) in [7, 11) is 0. The Kier molecular flexibility index (Phi) is 6.81. The number of nitrogens with one attached hydrogen (secondary N) is 2. The highest BCUT2D eigenvalue weighted by Crippen LogP contribution is 2.24. The van der Waals surface area contributed by atoms with Crippen LogP contribution >= 0.6 is 15.9 Å². The number of amides is 4. The number of urea groups is 1. The van der Waals surface area contributed by atoms with Gasteiger partial charge in [0.15, 0.2) is 0 Å². The van der Waals surface area contributed by atoms with E-state index in [4.69, 9.17) is 0 Å². The molecule has 1 aromatic carbocycles. The monoisotopic (exact) mass is 423 g/mol. The molecule has 0 spiro atoms. The number of imide groups is 1. The molecular formula is C19H26BrN3O3. The van der Waals surface area contributed by atoms with E-state index in [0.29, 0.717) is 12.1 Å². The molecule has 1 fully saturated rings. The number of carbonyl (C=O) groups excluding carboxylic acids is 3. The molecule has 0 aromatic heterocycles. The number of benzene rings is 1. The number of anilines is 1. The first-order valence-electron chi connectivity index (χ1n) is 8.97. The van der Waals surface area contributed by atoms with Gasteiger partial charge < -0.3 is 10.6 Å². The molecule has 1 atom stereocenters. The third-order valence-electron chi connectivity index (χ3n) is 4.64. The Morgan fingerprint density at radius 1 is 1.27 bits per heavy atom. The molecule has 1 unspecified atom stereocenters. The molecule has 0 bridgehead atoms. The van der Waals surface area contributed by atoms with E-state index in [1.165, 1.54) is 0 Å². The largest absolute Gasteiger partial charge is 0.325 e. The highest BCUT2D eigenvalue weighted by Gasteiger charge is 2.47. The predicted octanol–water partition coefficient (Wildman–Crippen LogP) is 3.98. The van der Waals surface area contributed by atoms with Crippen molar-refractivity contribution in [2.24, 2.45) is 0 Å². The summed E-state index contributed by atoms with van der Waals surface area (Å²) in [5.41, 5.74) is 0.636. The van der Waals surface area contributed by atoms with Gasteiger partial charge in [-0.2, -0.15) is 0 Å². The Labute approximate surface area is 162 Å². The van der Waals surface area contributed by atoms with Crippen LogP contribution in [0.1, 0.15) is 51.5 Å². The van der Waals surface area contributed by atoms with Crippen LogP contribution in [0.15, 0.2) is 22.7 Å². The Morgan fingerprint density at radius 3 is 2.65 bits per heavy atom. The first kappa shape index (κ1) is 20.4. The van der Waals surface area contributed by atoms with Crippen molar-refractivity contribution in [1.29, 1.82) is 0 Å². The van der Waals surface area contributed by atoms with Crippen LogP contribution in [0.25, 0.3) is 0 Å². The van der Waals surface area contributed by atoms with Crippen molar-refractivity contribution in [3.05, 3.63) is 28.2 Å². The summed E-state index contributed by atoms with van der Waals surface area (Å²) >= 11 is 3.37. The van der Waals surface area contributed by atoms with Crippen LogP contribution in [-0.2, 0) is 9.59 Å². The van der Waals surface area contributed by atoms with Crippen molar-refractivity contribution >= 4 is 39.5 Å². The number of hydrogen-bond acceptors (Lipinski definition) is 3. The van der Waals surface area contributed by atoms with E-state index in [0.717, 1.165) is 40.6 Å². The number of hydrogen-bond donors (Lipinski definition) is 2. The van der Waals surface area contributed by atoms with E-state index in [1.54, 1.807) is 13.0 Å². The fraction of sp³-hybridized carbons (Fsp3) is 0.526. The Balaban J connectivity index is 1.97. The molecule has 0 radical (unpaired) electrons. The van der Waals surface area contributed by atoms with E-state index in [2.05, 4.69) is 33.5 Å². The van der Waals surface area contributed by atoms with Crippen LogP contribution in [0.4, 0.5) is 10.5 Å². The predicted molar refractivity (Wildman–Crippen MR) is 105 cm³/mol. The lowest BCUT2D eigenvalue weighted by Crippen LogP contribution is -2.44. The summed E-state index contributed by atoms with van der Waals surface area (Å²) in [5.74, 6) is -0.726. The Bertz CT molecular complexity index is 707. The van der Waals surface area contributed by atoms with E-state index < -0.39 is 17.5 Å². The lowest BCUT2D eigenvalue weighted by molar-refractivity contribution is -0.133. The fourth-order valence-corrected chi connectivity index (χ4v) is 3.54. The molecule has 2 N–H and O–H groups in total. The van der Waals surface area contributed by atoms with Crippen molar-refractivity contribution in [2.75, 3.05) is 11.9 Å². The quantitative estimate of drug-likeness (QED) is 0.490. The molecule has 1 saturated heterocycles. The van der Waals surface area contributed by atoms with Crippen molar-refractivity contribution in [3.8, 4) is 0 Å². The van der Waals surface area contributed by atoms with Gasteiger partial charge in [0.1, 0.15) is 12.1 Å². The zero-order valence-electron chi connectivity index (χ0n) is 15.5. The molecule has 0 saturated carbocycles. The second-order valence-electron chi connectivity index (χ2n) is 6.97. The van der Waals surface area contributed by atoms with Gasteiger partial charge >= 0.3 is 6.03 Å². The highest BCUT2D eigenvalue weighted by atomic mass is 79.9. The highest BCUT2D eigenvalue weighted by molar-refractivity contribution is 9.10. The summed E-state index contributed by atoms with van der Waals surface area (Å²) in [6.45, 7) is 5.44. The summed E-state index contributed by atoms with van der Waals surface area (Å²) in [5, 5.41) is 5.51. The number of nitrogens with zero attached hydrogens (tertiary/aromatic N) is 1. The van der Waals surface area contributed by atoms with Crippen molar-refractivity contribution < 1.29 is 14.4 Å². The van der Waals surface area contributed by atoms with Gasteiger partial charge in [0.2, 0.25) is 5.91 Å².